The van der Waals surface area contributed by atoms with E-state index in [0.29, 0.717) is 5.01 Å². The number of aromatic nitrogens is 1. The van der Waals surface area contributed by atoms with Crippen LogP contribution in [-0.4, -0.2) is 10.9 Å². The predicted molar refractivity (Wildman–Crippen MR) is 104 cm³/mol. The Hall–Kier alpha value is -3.23. The number of nitriles is 1. The lowest BCUT2D eigenvalue weighted by Crippen LogP contribution is -2.27. The maximum Gasteiger partial charge on any atom is 0.262 e. The Kier molecular flexibility index (Phi) is 5.57. The first-order chi connectivity index (χ1) is 12.7. The van der Waals surface area contributed by atoms with Crippen LogP contribution in [0.15, 0.2) is 71.6 Å². The van der Waals surface area contributed by atoms with Gasteiger partial charge in [0.2, 0.25) is 0 Å². The summed E-state index contributed by atoms with van der Waals surface area (Å²) in [5.74, 6) is -0.402. The molecule has 1 N–H and O–H groups in total. The molecule has 0 bridgehead atoms. The maximum absolute atomic E-state index is 12.4. The zero-order valence-corrected chi connectivity index (χ0v) is 15.0. The van der Waals surface area contributed by atoms with Gasteiger partial charge in [0.1, 0.15) is 16.6 Å². The standard InChI is InChI=1S/C21H17N3OS/c1-15(16-8-4-2-5-9-16)23-21(25)18(13-22)12-20-24-19(14-26-20)17-10-6-3-7-11-17/h2-12,14-15H,1H3,(H,23,25). The normalized spacial score (nSPS) is 12.2. The van der Waals surface area contributed by atoms with Crippen LogP contribution in [0.2, 0.25) is 0 Å². The quantitative estimate of drug-likeness (QED) is 0.535. The van der Waals surface area contributed by atoms with E-state index in [1.165, 1.54) is 17.4 Å². The molecule has 4 nitrogen and oxygen atoms in total. The van der Waals surface area contributed by atoms with Gasteiger partial charge in [0.25, 0.3) is 5.91 Å². The second-order valence-electron chi connectivity index (χ2n) is 5.71. The highest BCUT2D eigenvalue weighted by Gasteiger charge is 2.14. The van der Waals surface area contributed by atoms with Crippen LogP contribution in [0, 0.1) is 11.3 Å². The van der Waals surface area contributed by atoms with E-state index in [9.17, 15) is 10.1 Å². The Balaban J connectivity index is 1.75. The summed E-state index contributed by atoms with van der Waals surface area (Å²) in [5.41, 5.74) is 2.86. The van der Waals surface area contributed by atoms with E-state index in [-0.39, 0.29) is 11.6 Å². The largest absolute Gasteiger partial charge is 0.345 e. The molecular formula is C21H17N3OS. The van der Waals surface area contributed by atoms with Crippen molar-refractivity contribution in [2.24, 2.45) is 0 Å². The van der Waals surface area contributed by atoms with Gasteiger partial charge < -0.3 is 5.32 Å². The molecule has 128 valence electrons. The van der Waals surface area contributed by atoms with E-state index >= 15 is 0 Å². The first-order valence-electron chi connectivity index (χ1n) is 8.16. The average Bonchev–Trinajstić information content (AvgIpc) is 3.16. The average molecular weight is 359 g/mol. The van der Waals surface area contributed by atoms with Crippen molar-refractivity contribution in [1.82, 2.24) is 10.3 Å². The number of amides is 1. The van der Waals surface area contributed by atoms with E-state index in [1.807, 2.05) is 79.0 Å². The lowest BCUT2D eigenvalue weighted by Gasteiger charge is -2.13. The third-order valence-electron chi connectivity index (χ3n) is 3.87. The van der Waals surface area contributed by atoms with Gasteiger partial charge in [0, 0.05) is 10.9 Å². The van der Waals surface area contributed by atoms with Crippen LogP contribution in [0.5, 0.6) is 0 Å². The molecule has 3 aromatic rings. The molecule has 0 spiro atoms. The third-order valence-corrected chi connectivity index (χ3v) is 4.66. The highest BCUT2D eigenvalue weighted by atomic mass is 32.1. The molecule has 1 amide bonds. The van der Waals surface area contributed by atoms with E-state index in [2.05, 4.69) is 10.3 Å². The number of nitrogens with zero attached hydrogens (tertiary/aromatic N) is 2. The van der Waals surface area contributed by atoms with Crippen molar-refractivity contribution in [2.45, 2.75) is 13.0 Å². The van der Waals surface area contributed by atoms with Crippen LogP contribution in [0.4, 0.5) is 0 Å². The molecule has 1 atom stereocenters. The molecule has 1 unspecified atom stereocenters. The Morgan fingerprint density at radius 2 is 1.81 bits per heavy atom. The number of carbonyl (C=O) groups is 1. The van der Waals surface area contributed by atoms with Crippen molar-refractivity contribution in [3.05, 3.63) is 82.2 Å². The maximum atomic E-state index is 12.4. The van der Waals surface area contributed by atoms with Crippen molar-refractivity contribution < 1.29 is 4.79 Å². The molecular weight excluding hydrogens is 342 g/mol. The molecule has 0 aliphatic rings. The molecule has 0 fully saturated rings. The summed E-state index contributed by atoms with van der Waals surface area (Å²) in [6.07, 6.45) is 1.53. The molecule has 3 rings (SSSR count). The van der Waals surface area contributed by atoms with Crippen molar-refractivity contribution in [3.8, 4) is 17.3 Å². The van der Waals surface area contributed by atoms with Gasteiger partial charge >= 0.3 is 0 Å². The minimum Gasteiger partial charge on any atom is -0.345 e. The Bertz CT molecular complexity index is 956. The summed E-state index contributed by atoms with van der Waals surface area (Å²) < 4.78 is 0. The molecule has 1 heterocycles. The molecule has 0 radical (unpaired) electrons. The molecule has 0 saturated carbocycles. The molecule has 0 saturated heterocycles. The number of benzene rings is 2. The lowest BCUT2D eigenvalue weighted by atomic mass is 10.1. The van der Waals surface area contributed by atoms with Gasteiger partial charge in [-0.25, -0.2) is 4.98 Å². The molecule has 2 aromatic carbocycles. The summed E-state index contributed by atoms with van der Waals surface area (Å²) in [7, 11) is 0. The number of rotatable bonds is 5. The SMILES string of the molecule is CC(NC(=O)C(C#N)=Cc1nc(-c2ccccc2)cs1)c1ccccc1. The summed E-state index contributed by atoms with van der Waals surface area (Å²) in [6, 6.07) is 21.2. The Labute approximate surface area is 156 Å². The van der Waals surface area contributed by atoms with E-state index in [4.69, 9.17) is 0 Å². The molecule has 0 aliphatic carbocycles. The van der Waals surface area contributed by atoms with Gasteiger partial charge in [-0.1, -0.05) is 60.7 Å². The molecule has 5 heteroatoms. The summed E-state index contributed by atoms with van der Waals surface area (Å²) in [6.45, 7) is 1.89. The Morgan fingerprint density at radius 3 is 2.46 bits per heavy atom. The topological polar surface area (TPSA) is 65.8 Å². The van der Waals surface area contributed by atoms with E-state index in [0.717, 1.165) is 16.8 Å². The zero-order chi connectivity index (χ0) is 18.4. The highest BCUT2D eigenvalue weighted by molar-refractivity contribution is 7.10. The van der Waals surface area contributed by atoms with Crippen LogP contribution in [0.25, 0.3) is 17.3 Å². The zero-order valence-electron chi connectivity index (χ0n) is 14.2. The van der Waals surface area contributed by atoms with Crippen molar-refractivity contribution in [3.63, 3.8) is 0 Å². The fraction of sp³-hybridized carbons (Fsp3) is 0.0952. The highest BCUT2D eigenvalue weighted by Crippen LogP contribution is 2.23. The summed E-state index contributed by atoms with van der Waals surface area (Å²) >= 11 is 1.40. The van der Waals surface area contributed by atoms with Gasteiger partial charge in [0.05, 0.1) is 11.7 Å². The van der Waals surface area contributed by atoms with Crippen molar-refractivity contribution >= 4 is 23.3 Å². The first kappa shape index (κ1) is 17.6. The van der Waals surface area contributed by atoms with Crippen LogP contribution < -0.4 is 5.32 Å². The minimum atomic E-state index is -0.402. The number of thiazole rings is 1. The van der Waals surface area contributed by atoms with Crippen molar-refractivity contribution in [1.29, 1.82) is 5.26 Å². The van der Waals surface area contributed by atoms with Gasteiger partial charge in [-0.2, -0.15) is 5.26 Å². The number of carbonyl (C=O) groups excluding carboxylic acids is 1. The van der Waals surface area contributed by atoms with Crippen molar-refractivity contribution in [2.75, 3.05) is 0 Å². The van der Waals surface area contributed by atoms with Crippen LogP contribution in [-0.2, 0) is 4.79 Å². The first-order valence-corrected chi connectivity index (χ1v) is 9.04. The fourth-order valence-corrected chi connectivity index (χ4v) is 3.23. The lowest BCUT2D eigenvalue weighted by molar-refractivity contribution is -0.117. The van der Waals surface area contributed by atoms with Crippen LogP contribution >= 0.6 is 11.3 Å². The smallest absolute Gasteiger partial charge is 0.262 e. The molecule has 0 aliphatic heterocycles. The van der Waals surface area contributed by atoms with E-state index in [1.54, 1.807) is 0 Å². The van der Waals surface area contributed by atoms with Crippen LogP contribution in [0.1, 0.15) is 23.5 Å². The summed E-state index contributed by atoms with van der Waals surface area (Å²) in [4.78, 5) is 16.9. The van der Waals surface area contributed by atoms with E-state index < -0.39 is 5.91 Å². The van der Waals surface area contributed by atoms with Gasteiger partial charge in [0.15, 0.2) is 0 Å². The van der Waals surface area contributed by atoms with Gasteiger partial charge in [-0.15, -0.1) is 11.3 Å². The number of hydrogen-bond acceptors (Lipinski definition) is 4. The predicted octanol–water partition coefficient (Wildman–Crippen LogP) is 4.59. The van der Waals surface area contributed by atoms with Gasteiger partial charge in [-0.05, 0) is 18.6 Å². The third kappa shape index (κ3) is 4.24. The number of nitrogens with one attached hydrogen (secondary N) is 1. The Morgan fingerprint density at radius 1 is 1.15 bits per heavy atom. The summed E-state index contributed by atoms with van der Waals surface area (Å²) in [5, 5.41) is 14.8. The molecule has 1 aromatic heterocycles. The number of hydrogen-bond donors (Lipinski definition) is 1. The molecule has 26 heavy (non-hydrogen) atoms. The second-order valence-corrected chi connectivity index (χ2v) is 6.60. The van der Waals surface area contributed by atoms with Crippen LogP contribution in [0.3, 0.4) is 0 Å². The monoisotopic (exact) mass is 359 g/mol. The fourth-order valence-electron chi connectivity index (χ4n) is 2.47. The van der Waals surface area contributed by atoms with Gasteiger partial charge in [-0.3, -0.25) is 4.79 Å². The second kappa shape index (κ2) is 8.24. The minimum absolute atomic E-state index is 0.0433.